The molecule has 0 aliphatic rings. The van der Waals surface area contributed by atoms with Gasteiger partial charge in [0.2, 0.25) is 0 Å². The van der Waals surface area contributed by atoms with Crippen molar-refractivity contribution in [2.45, 2.75) is 26.8 Å². The van der Waals surface area contributed by atoms with E-state index in [4.69, 9.17) is 14.2 Å². The van der Waals surface area contributed by atoms with Crippen LogP contribution in [0, 0.1) is 0 Å². The number of nitrogens with zero attached hydrogens (tertiary/aromatic N) is 1. The number of hydrogen-bond donors (Lipinski definition) is 0. The lowest BCUT2D eigenvalue weighted by atomic mass is 10.3. The van der Waals surface area contributed by atoms with Crippen LogP contribution in [0.25, 0.3) is 0 Å². The van der Waals surface area contributed by atoms with Gasteiger partial charge in [0.1, 0.15) is 23.9 Å². The Balaban J connectivity index is 1.83. The van der Waals surface area contributed by atoms with Crippen LogP contribution in [0.3, 0.4) is 0 Å². The van der Waals surface area contributed by atoms with Crippen LogP contribution in [0.2, 0.25) is 0 Å². The lowest BCUT2D eigenvalue weighted by Gasteiger charge is -2.25. The maximum Gasteiger partial charge on any atom is 0.410 e. The van der Waals surface area contributed by atoms with Gasteiger partial charge in [0, 0.05) is 6.04 Å². The van der Waals surface area contributed by atoms with E-state index >= 15 is 0 Å². The molecule has 0 aromatic heterocycles. The van der Waals surface area contributed by atoms with Gasteiger partial charge < -0.3 is 19.1 Å². The zero-order valence-corrected chi connectivity index (χ0v) is 15.0. The molecule has 0 radical (unpaired) electrons. The second kappa shape index (κ2) is 9.57. The van der Waals surface area contributed by atoms with Crippen molar-refractivity contribution in [3.63, 3.8) is 0 Å². The average molecular weight is 343 g/mol. The van der Waals surface area contributed by atoms with E-state index < -0.39 is 0 Å². The summed E-state index contributed by atoms with van der Waals surface area (Å²) in [5.41, 5.74) is 0. The highest BCUT2D eigenvalue weighted by molar-refractivity contribution is 5.67. The first-order valence-electron chi connectivity index (χ1n) is 8.49. The minimum atomic E-state index is -0.312. The van der Waals surface area contributed by atoms with Gasteiger partial charge in [-0.1, -0.05) is 18.2 Å². The molecule has 2 aromatic rings. The first kappa shape index (κ1) is 18.6. The van der Waals surface area contributed by atoms with Crippen LogP contribution in [0.5, 0.6) is 17.2 Å². The molecule has 0 aliphatic carbocycles. The Morgan fingerprint density at radius 2 is 1.56 bits per heavy atom. The molecule has 0 saturated carbocycles. The Labute approximate surface area is 149 Å². The van der Waals surface area contributed by atoms with E-state index in [9.17, 15) is 4.79 Å². The van der Waals surface area contributed by atoms with E-state index in [2.05, 4.69) is 0 Å². The van der Waals surface area contributed by atoms with Crippen molar-refractivity contribution in [2.75, 3.05) is 19.8 Å². The van der Waals surface area contributed by atoms with Crippen LogP contribution < -0.4 is 9.47 Å². The highest BCUT2D eigenvalue weighted by Crippen LogP contribution is 2.23. The van der Waals surface area contributed by atoms with Crippen LogP contribution in [0.1, 0.15) is 20.8 Å². The van der Waals surface area contributed by atoms with Crippen molar-refractivity contribution in [1.29, 1.82) is 0 Å². The molecular weight excluding hydrogens is 318 g/mol. The molecule has 2 rings (SSSR count). The zero-order valence-electron chi connectivity index (χ0n) is 15.0. The Hall–Kier alpha value is -2.69. The Bertz CT molecular complexity index is 641. The molecule has 0 unspecified atom stereocenters. The molecule has 134 valence electrons. The molecule has 5 nitrogen and oxygen atoms in total. The Morgan fingerprint density at radius 3 is 2.16 bits per heavy atom. The van der Waals surface area contributed by atoms with Crippen LogP contribution in [-0.2, 0) is 4.74 Å². The fourth-order valence-electron chi connectivity index (χ4n) is 2.26. The van der Waals surface area contributed by atoms with Gasteiger partial charge in [-0.25, -0.2) is 4.79 Å². The monoisotopic (exact) mass is 343 g/mol. The predicted octanol–water partition coefficient (Wildman–Crippen LogP) is 4.72. The van der Waals surface area contributed by atoms with E-state index in [0.717, 1.165) is 17.2 Å². The van der Waals surface area contributed by atoms with Gasteiger partial charge in [-0.3, -0.25) is 0 Å². The van der Waals surface area contributed by atoms with Crippen molar-refractivity contribution in [3.05, 3.63) is 54.6 Å². The molecule has 0 fully saturated rings. The van der Waals surface area contributed by atoms with Gasteiger partial charge in [-0.2, -0.15) is 0 Å². The standard InChI is InChI=1S/C20H25NO4/c1-4-23-20(22)21(16(2)3)14-15-24-17-10-12-19(13-11-17)25-18-8-6-5-7-9-18/h5-13,16H,4,14-15H2,1-3H3. The van der Waals surface area contributed by atoms with Gasteiger partial charge in [-0.05, 0) is 57.2 Å². The molecule has 0 aliphatic heterocycles. The maximum absolute atomic E-state index is 11.9. The smallest absolute Gasteiger partial charge is 0.410 e. The van der Waals surface area contributed by atoms with Crippen LogP contribution >= 0.6 is 0 Å². The first-order chi connectivity index (χ1) is 12.1. The summed E-state index contributed by atoms with van der Waals surface area (Å²) in [5.74, 6) is 2.26. The van der Waals surface area contributed by atoms with Crippen LogP contribution in [0.15, 0.2) is 54.6 Å². The van der Waals surface area contributed by atoms with Gasteiger partial charge in [-0.15, -0.1) is 0 Å². The van der Waals surface area contributed by atoms with Crippen molar-refractivity contribution < 1.29 is 19.0 Å². The van der Waals surface area contributed by atoms with E-state index in [0.29, 0.717) is 19.8 Å². The number of hydrogen-bond acceptors (Lipinski definition) is 4. The molecular formula is C20H25NO4. The normalized spacial score (nSPS) is 10.4. The van der Waals surface area contributed by atoms with Crippen molar-refractivity contribution in [2.24, 2.45) is 0 Å². The van der Waals surface area contributed by atoms with Crippen molar-refractivity contribution >= 4 is 6.09 Å². The SMILES string of the molecule is CCOC(=O)N(CCOc1ccc(Oc2ccccc2)cc1)C(C)C. The van der Waals surface area contributed by atoms with Crippen molar-refractivity contribution in [1.82, 2.24) is 4.90 Å². The molecule has 0 atom stereocenters. The molecule has 0 heterocycles. The topological polar surface area (TPSA) is 48.0 Å². The summed E-state index contributed by atoms with van der Waals surface area (Å²) in [4.78, 5) is 13.5. The second-order valence-corrected chi connectivity index (χ2v) is 5.72. The van der Waals surface area contributed by atoms with Gasteiger partial charge in [0.15, 0.2) is 0 Å². The third-order valence-corrected chi connectivity index (χ3v) is 3.53. The average Bonchev–Trinajstić information content (AvgIpc) is 2.61. The fourth-order valence-corrected chi connectivity index (χ4v) is 2.26. The largest absolute Gasteiger partial charge is 0.492 e. The summed E-state index contributed by atoms with van der Waals surface area (Å²) in [6.45, 7) is 6.94. The summed E-state index contributed by atoms with van der Waals surface area (Å²) in [5, 5.41) is 0. The number of carbonyl (C=O) groups excluding carboxylic acids is 1. The molecule has 0 saturated heterocycles. The van der Waals surface area contributed by atoms with Crippen LogP contribution in [-0.4, -0.2) is 36.8 Å². The Kier molecular flexibility index (Phi) is 7.14. The minimum Gasteiger partial charge on any atom is -0.492 e. The summed E-state index contributed by atoms with van der Waals surface area (Å²) in [7, 11) is 0. The van der Waals surface area contributed by atoms with E-state index in [1.807, 2.05) is 68.4 Å². The van der Waals surface area contributed by atoms with E-state index in [1.54, 1.807) is 11.8 Å². The summed E-state index contributed by atoms with van der Waals surface area (Å²) in [6.07, 6.45) is -0.312. The lowest BCUT2D eigenvalue weighted by Crippen LogP contribution is -2.40. The van der Waals surface area contributed by atoms with Gasteiger partial charge in [0.05, 0.1) is 13.2 Å². The van der Waals surface area contributed by atoms with Crippen molar-refractivity contribution in [3.8, 4) is 17.2 Å². The molecule has 0 N–H and O–H groups in total. The predicted molar refractivity (Wildman–Crippen MR) is 97.3 cm³/mol. The third kappa shape index (κ3) is 6.03. The number of amides is 1. The maximum atomic E-state index is 11.9. The summed E-state index contributed by atoms with van der Waals surface area (Å²) >= 11 is 0. The number of benzene rings is 2. The van der Waals surface area contributed by atoms with Crippen LogP contribution in [0.4, 0.5) is 4.79 Å². The molecule has 2 aromatic carbocycles. The number of carbonyl (C=O) groups is 1. The van der Waals surface area contributed by atoms with E-state index in [-0.39, 0.29) is 12.1 Å². The number of rotatable bonds is 8. The molecule has 5 heteroatoms. The highest BCUT2D eigenvalue weighted by Gasteiger charge is 2.17. The fraction of sp³-hybridized carbons (Fsp3) is 0.350. The number of para-hydroxylation sites is 1. The molecule has 0 spiro atoms. The summed E-state index contributed by atoms with van der Waals surface area (Å²) in [6, 6.07) is 17.1. The Morgan fingerprint density at radius 1 is 0.960 bits per heavy atom. The molecule has 25 heavy (non-hydrogen) atoms. The third-order valence-electron chi connectivity index (χ3n) is 3.53. The first-order valence-corrected chi connectivity index (χ1v) is 8.49. The minimum absolute atomic E-state index is 0.0595. The second-order valence-electron chi connectivity index (χ2n) is 5.72. The van der Waals surface area contributed by atoms with Gasteiger partial charge >= 0.3 is 6.09 Å². The zero-order chi connectivity index (χ0) is 18.1. The lowest BCUT2D eigenvalue weighted by molar-refractivity contribution is 0.0889. The quantitative estimate of drug-likeness (QED) is 0.695. The number of ether oxygens (including phenoxy) is 3. The highest BCUT2D eigenvalue weighted by atomic mass is 16.6. The molecule has 1 amide bonds. The van der Waals surface area contributed by atoms with Gasteiger partial charge in [0.25, 0.3) is 0 Å². The molecule has 0 bridgehead atoms. The van der Waals surface area contributed by atoms with E-state index in [1.165, 1.54) is 0 Å². The summed E-state index contributed by atoms with van der Waals surface area (Å²) < 4.78 is 16.5.